The second-order valence-corrected chi connectivity index (χ2v) is 4.82. The fraction of sp³-hybridized carbons (Fsp3) is 0.941. The molecular weight excluding hydrogens is 264 g/mol. The molecule has 0 aromatic carbocycles. The molecule has 0 aromatic rings. The number of amides is 1. The van der Waals surface area contributed by atoms with Crippen molar-refractivity contribution in [2.45, 2.75) is 72.8 Å². The molecule has 1 atom stereocenters. The number of ether oxygens (including phenoxy) is 1. The van der Waals surface area contributed by atoms with Crippen LogP contribution in [0.2, 0.25) is 0 Å². The number of unbranched alkanes of at least 4 members (excludes halogenated alkanes) is 3. The highest BCUT2D eigenvalue weighted by Crippen LogP contribution is 2.08. The van der Waals surface area contributed by atoms with Crippen molar-refractivity contribution in [1.29, 1.82) is 0 Å². The third kappa shape index (κ3) is 14.1. The molecule has 0 bridgehead atoms. The monoisotopic (exact) mass is 302 g/mol. The second-order valence-electron chi connectivity index (χ2n) is 4.82. The van der Waals surface area contributed by atoms with Crippen LogP contribution in [-0.4, -0.2) is 50.2 Å². The summed E-state index contributed by atoms with van der Waals surface area (Å²) < 4.78 is 5.51. The minimum atomic E-state index is 0.159. The molecule has 0 saturated carbocycles. The first-order chi connectivity index (χ1) is 10.2. The summed E-state index contributed by atoms with van der Waals surface area (Å²) >= 11 is 0. The molecule has 1 rings (SSSR count). The van der Waals surface area contributed by atoms with E-state index in [9.17, 15) is 4.79 Å². The van der Waals surface area contributed by atoms with Gasteiger partial charge in [0.05, 0.1) is 12.7 Å². The predicted octanol–water partition coefficient (Wildman–Crippen LogP) is 3.46. The highest BCUT2D eigenvalue weighted by Gasteiger charge is 2.15. The summed E-state index contributed by atoms with van der Waals surface area (Å²) in [5.41, 5.74) is 0. The van der Waals surface area contributed by atoms with E-state index in [-0.39, 0.29) is 5.91 Å². The van der Waals surface area contributed by atoms with E-state index >= 15 is 0 Å². The molecule has 4 heteroatoms. The fourth-order valence-electron chi connectivity index (χ4n) is 2.19. The molecule has 1 amide bonds. The van der Waals surface area contributed by atoms with E-state index in [1.54, 1.807) is 7.05 Å². The van der Waals surface area contributed by atoms with E-state index < -0.39 is 0 Å². The second kappa shape index (κ2) is 17.4. The highest BCUT2D eigenvalue weighted by molar-refractivity contribution is 5.75. The molecule has 1 aliphatic rings. The zero-order valence-electron chi connectivity index (χ0n) is 15.2. The first kappa shape index (κ1) is 22.7. The topological polar surface area (TPSA) is 41.6 Å². The number of hydrogen-bond donors (Lipinski definition) is 1. The number of morpholine rings is 1. The van der Waals surface area contributed by atoms with Crippen molar-refractivity contribution in [2.75, 3.05) is 33.3 Å². The van der Waals surface area contributed by atoms with Crippen LogP contribution in [0, 0.1) is 0 Å². The van der Waals surface area contributed by atoms with Crippen molar-refractivity contribution >= 4 is 5.91 Å². The van der Waals surface area contributed by atoms with Gasteiger partial charge in [-0.2, -0.15) is 0 Å². The lowest BCUT2D eigenvalue weighted by molar-refractivity contribution is -0.120. The van der Waals surface area contributed by atoms with E-state index in [1.807, 2.05) is 27.7 Å². The number of hydrogen-bond acceptors (Lipinski definition) is 3. The molecule has 1 aliphatic heterocycles. The van der Waals surface area contributed by atoms with Gasteiger partial charge in [-0.3, -0.25) is 9.69 Å². The molecular formula is C17H38N2O2. The van der Waals surface area contributed by atoms with Crippen molar-refractivity contribution in [1.82, 2.24) is 10.2 Å². The molecule has 1 fully saturated rings. The number of nitrogens with one attached hydrogen (secondary N) is 1. The van der Waals surface area contributed by atoms with Gasteiger partial charge in [0.1, 0.15) is 0 Å². The van der Waals surface area contributed by atoms with E-state index in [1.165, 1.54) is 19.4 Å². The van der Waals surface area contributed by atoms with Crippen LogP contribution in [-0.2, 0) is 9.53 Å². The van der Waals surface area contributed by atoms with Gasteiger partial charge in [0, 0.05) is 26.6 Å². The van der Waals surface area contributed by atoms with Crippen molar-refractivity contribution in [3.8, 4) is 0 Å². The first-order valence-electron chi connectivity index (χ1n) is 8.77. The Morgan fingerprint density at radius 2 is 1.76 bits per heavy atom. The molecule has 128 valence electrons. The van der Waals surface area contributed by atoms with Crippen LogP contribution in [0.5, 0.6) is 0 Å². The minimum absolute atomic E-state index is 0.159. The summed E-state index contributed by atoms with van der Waals surface area (Å²) in [6.45, 7) is 14.3. The van der Waals surface area contributed by atoms with Crippen LogP contribution in [0.25, 0.3) is 0 Å². The molecule has 1 heterocycles. The molecule has 0 aromatic heterocycles. The number of carbonyl (C=O) groups excluding carboxylic acids is 1. The molecule has 1 N–H and O–H groups in total. The van der Waals surface area contributed by atoms with Gasteiger partial charge in [-0.05, 0) is 26.3 Å². The summed E-state index contributed by atoms with van der Waals surface area (Å²) in [5, 5.41) is 2.65. The number of nitrogens with zero attached hydrogens (tertiary/aromatic N) is 1. The number of rotatable bonds is 7. The lowest BCUT2D eigenvalue weighted by Crippen LogP contribution is -2.41. The first-order valence-corrected chi connectivity index (χ1v) is 8.77. The van der Waals surface area contributed by atoms with Crippen LogP contribution < -0.4 is 5.32 Å². The van der Waals surface area contributed by atoms with Gasteiger partial charge in [-0.25, -0.2) is 0 Å². The Labute approximate surface area is 132 Å². The van der Waals surface area contributed by atoms with Gasteiger partial charge >= 0.3 is 0 Å². The third-order valence-electron chi connectivity index (χ3n) is 3.23. The van der Waals surface area contributed by atoms with Crippen LogP contribution in [0.15, 0.2) is 0 Å². The summed E-state index contributed by atoms with van der Waals surface area (Å²) in [6, 6.07) is 0. The maximum atomic E-state index is 11.0. The molecule has 1 saturated heterocycles. The van der Waals surface area contributed by atoms with E-state index in [4.69, 9.17) is 4.74 Å². The standard InChI is InChI=1S/C13H26N2O2.2C2H6/c1-12-11-15(9-10-17-12)8-6-4-3-5-7-13(16)14-2;2*1-2/h12H,3-11H2,1-2H3,(H,14,16);2*1-2H3. The quantitative estimate of drug-likeness (QED) is 0.732. The zero-order chi connectivity index (χ0) is 16.5. The van der Waals surface area contributed by atoms with Gasteiger partial charge in [0.15, 0.2) is 0 Å². The van der Waals surface area contributed by atoms with Crippen molar-refractivity contribution in [3.63, 3.8) is 0 Å². The van der Waals surface area contributed by atoms with Crippen LogP contribution in [0.4, 0.5) is 0 Å². The van der Waals surface area contributed by atoms with Crippen LogP contribution >= 0.6 is 0 Å². The Bertz CT molecular complexity index is 223. The Balaban J connectivity index is 0. The molecule has 1 unspecified atom stereocenters. The summed E-state index contributed by atoms with van der Waals surface area (Å²) in [4.78, 5) is 13.5. The SMILES string of the molecule is CC.CC.CNC(=O)CCCCCCN1CCOC(C)C1. The smallest absolute Gasteiger partial charge is 0.219 e. The lowest BCUT2D eigenvalue weighted by Gasteiger charge is -2.30. The Morgan fingerprint density at radius 1 is 1.14 bits per heavy atom. The average Bonchev–Trinajstić information content (AvgIpc) is 2.54. The van der Waals surface area contributed by atoms with Crippen molar-refractivity contribution < 1.29 is 9.53 Å². The highest BCUT2D eigenvalue weighted by atomic mass is 16.5. The average molecular weight is 303 g/mol. The van der Waals surface area contributed by atoms with E-state index in [0.717, 1.165) is 32.5 Å². The Hall–Kier alpha value is -0.610. The molecule has 0 radical (unpaired) electrons. The summed E-state index contributed by atoms with van der Waals surface area (Å²) in [7, 11) is 1.70. The van der Waals surface area contributed by atoms with Crippen LogP contribution in [0.1, 0.15) is 66.7 Å². The maximum absolute atomic E-state index is 11.0. The fourth-order valence-corrected chi connectivity index (χ4v) is 2.19. The Kier molecular flexibility index (Phi) is 18.8. The lowest BCUT2D eigenvalue weighted by atomic mass is 10.1. The molecule has 0 spiro atoms. The molecule has 21 heavy (non-hydrogen) atoms. The summed E-state index contributed by atoms with van der Waals surface area (Å²) in [6.07, 6.45) is 5.69. The van der Waals surface area contributed by atoms with Gasteiger partial charge in [0.25, 0.3) is 0 Å². The van der Waals surface area contributed by atoms with Crippen LogP contribution in [0.3, 0.4) is 0 Å². The van der Waals surface area contributed by atoms with E-state index in [2.05, 4.69) is 17.1 Å². The predicted molar refractivity (Wildman–Crippen MR) is 91.7 cm³/mol. The normalized spacial score (nSPS) is 17.9. The summed E-state index contributed by atoms with van der Waals surface area (Å²) in [5.74, 6) is 0.159. The molecule has 4 nitrogen and oxygen atoms in total. The van der Waals surface area contributed by atoms with Crippen molar-refractivity contribution in [3.05, 3.63) is 0 Å². The third-order valence-corrected chi connectivity index (χ3v) is 3.23. The van der Waals surface area contributed by atoms with Gasteiger partial charge in [0.2, 0.25) is 5.91 Å². The molecule has 0 aliphatic carbocycles. The Morgan fingerprint density at radius 3 is 2.33 bits per heavy atom. The van der Waals surface area contributed by atoms with Gasteiger partial charge < -0.3 is 10.1 Å². The number of carbonyl (C=O) groups is 1. The van der Waals surface area contributed by atoms with Gasteiger partial charge in [-0.15, -0.1) is 0 Å². The largest absolute Gasteiger partial charge is 0.376 e. The zero-order valence-corrected chi connectivity index (χ0v) is 15.2. The van der Waals surface area contributed by atoms with E-state index in [0.29, 0.717) is 12.5 Å². The van der Waals surface area contributed by atoms with Gasteiger partial charge in [-0.1, -0.05) is 40.5 Å². The maximum Gasteiger partial charge on any atom is 0.219 e. The minimum Gasteiger partial charge on any atom is -0.376 e. The van der Waals surface area contributed by atoms with Crippen molar-refractivity contribution in [2.24, 2.45) is 0 Å².